The van der Waals surface area contributed by atoms with Gasteiger partial charge in [0.2, 0.25) is 11.8 Å². The summed E-state index contributed by atoms with van der Waals surface area (Å²) in [6.07, 6.45) is 3.07. The zero-order valence-electron chi connectivity index (χ0n) is 16.4. The number of carbonyl (C=O) groups is 2. The van der Waals surface area contributed by atoms with E-state index in [1.165, 1.54) is 5.56 Å². The van der Waals surface area contributed by atoms with E-state index in [0.717, 1.165) is 36.2 Å². The molecule has 2 aromatic rings. The minimum atomic E-state index is -0.134. The Morgan fingerprint density at radius 2 is 1.82 bits per heavy atom. The average Bonchev–Trinajstić information content (AvgIpc) is 3.01. The van der Waals surface area contributed by atoms with Gasteiger partial charge in [-0.15, -0.1) is 11.8 Å². The van der Waals surface area contributed by atoms with Gasteiger partial charge < -0.3 is 5.32 Å². The van der Waals surface area contributed by atoms with Crippen LogP contribution in [0.25, 0.3) is 0 Å². The Labute approximate surface area is 170 Å². The number of benzene rings is 2. The van der Waals surface area contributed by atoms with Gasteiger partial charge in [-0.1, -0.05) is 56.7 Å². The quantitative estimate of drug-likeness (QED) is 0.746. The van der Waals surface area contributed by atoms with Gasteiger partial charge in [0.05, 0.1) is 5.75 Å². The number of carbonyl (C=O) groups excluding carboxylic acids is 2. The summed E-state index contributed by atoms with van der Waals surface area (Å²) in [5, 5.41) is 2.99. The van der Waals surface area contributed by atoms with Crippen molar-refractivity contribution < 1.29 is 9.59 Å². The molecule has 1 aliphatic heterocycles. The van der Waals surface area contributed by atoms with Crippen molar-refractivity contribution in [3.05, 3.63) is 59.7 Å². The van der Waals surface area contributed by atoms with Crippen LogP contribution in [0.5, 0.6) is 0 Å². The van der Waals surface area contributed by atoms with Gasteiger partial charge in [0.25, 0.3) is 0 Å². The summed E-state index contributed by atoms with van der Waals surface area (Å²) in [5.41, 5.74) is 3.94. The van der Waals surface area contributed by atoms with Crippen LogP contribution >= 0.6 is 11.8 Å². The van der Waals surface area contributed by atoms with E-state index < -0.39 is 0 Å². The van der Waals surface area contributed by atoms with Crippen LogP contribution in [0.2, 0.25) is 0 Å². The van der Waals surface area contributed by atoms with Gasteiger partial charge in [-0.25, -0.2) is 0 Å². The Hall–Kier alpha value is -2.27. The molecule has 5 heteroatoms. The minimum absolute atomic E-state index is 0.0992. The predicted octanol–water partition coefficient (Wildman–Crippen LogP) is 5.33. The van der Waals surface area contributed by atoms with Crippen molar-refractivity contribution >= 4 is 35.0 Å². The fourth-order valence-electron chi connectivity index (χ4n) is 3.84. The maximum Gasteiger partial charge on any atom is 0.238 e. The lowest BCUT2D eigenvalue weighted by atomic mass is 9.85. The molecular formula is C23H26N2O2S. The Balaban J connectivity index is 1.69. The lowest BCUT2D eigenvalue weighted by Crippen LogP contribution is -2.31. The van der Waals surface area contributed by atoms with Gasteiger partial charge in [0.15, 0.2) is 0 Å². The van der Waals surface area contributed by atoms with E-state index in [9.17, 15) is 9.59 Å². The van der Waals surface area contributed by atoms with Crippen LogP contribution in [0, 0.1) is 5.92 Å². The van der Waals surface area contributed by atoms with Gasteiger partial charge in [-0.05, 0) is 36.5 Å². The molecule has 1 aliphatic carbocycles. The number of hydrogen-bond donors (Lipinski definition) is 1. The maximum atomic E-state index is 12.8. The third kappa shape index (κ3) is 3.55. The Morgan fingerprint density at radius 3 is 2.54 bits per heavy atom. The second-order valence-electron chi connectivity index (χ2n) is 7.84. The summed E-state index contributed by atoms with van der Waals surface area (Å²) < 4.78 is 0. The molecule has 28 heavy (non-hydrogen) atoms. The van der Waals surface area contributed by atoms with E-state index in [1.54, 1.807) is 11.8 Å². The predicted molar refractivity (Wildman–Crippen MR) is 116 cm³/mol. The fraction of sp³-hybridized carbons (Fsp3) is 0.391. The molecule has 0 bridgehead atoms. The van der Waals surface area contributed by atoms with Crippen molar-refractivity contribution in [2.45, 2.75) is 44.4 Å². The minimum Gasteiger partial charge on any atom is -0.325 e. The molecule has 2 amide bonds. The molecule has 1 heterocycles. The molecule has 2 aliphatic rings. The number of nitrogens with one attached hydrogen (secondary N) is 1. The van der Waals surface area contributed by atoms with Crippen molar-refractivity contribution in [2.75, 3.05) is 16.0 Å². The first-order valence-corrected chi connectivity index (χ1v) is 11.0. The standard InChI is InChI=1S/C23H26N2O2S/c1-15(2)17-10-4-6-13-20(17)25-21(26)14-28-23(25)18-11-3-5-12-19(18)24-22(27)16-8-7-9-16/h3-6,10-13,15-16,23H,7-9,14H2,1-2H3,(H,24,27)/t23-/m1/s1. The monoisotopic (exact) mass is 394 g/mol. The van der Waals surface area contributed by atoms with Crippen LogP contribution in [0.1, 0.15) is 55.5 Å². The summed E-state index contributed by atoms with van der Waals surface area (Å²) >= 11 is 1.62. The molecule has 4 rings (SSSR count). The molecule has 1 N–H and O–H groups in total. The number of para-hydroxylation sites is 2. The number of nitrogens with zero attached hydrogens (tertiary/aromatic N) is 1. The normalized spacial score (nSPS) is 19.8. The smallest absolute Gasteiger partial charge is 0.238 e. The van der Waals surface area contributed by atoms with Gasteiger partial charge in [-0.3, -0.25) is 14.5 Å². The SMILES string of the molecule is CC(C)c1ccccc1N1C(=O)CS[C@@H]1c1ccccc1NC(=O)C1CCC1. The van der Waals surface area contributed by atoms with Crippen LogP contribution < -0.4 is 10.2 Å². The van der Waals surface area contributed by atoms with Crippen molar-refractivity contribution in [3.63, 3.8) is 0 Å². The van der Waals surface area contributed by atoms with Crippen molar-refractivity contribution in [1.82, 2.24) is 0 Å². The molecule has 0 aromatic heterocycles. The van der Waals surface area contributed by atoms with Crippen molar-refractivity contribution in [2.24, 2.45) is 5.92 Å². The average molecular weight is 395 g/mol. The van der Waals surface area contributed by atoms with Crippen LogP contribution in [-0.4, -0.2) is 17.6 Å². The second-order valence-corrected chi connectivity index (χ2v) is 8.91. The highest BCUT2D eigenvalue weighted by Crippen LogP contribution is 2.46. The molecule has 4 nitrogen and oxygen atoms in total. The van der Waals surface area contributed by atoms with E-state index in [0.29, 0.717) is 11.7 Å². The molecule has 2 fully saturated rings. The van der Waals surface area contributed by atoms with E-state index in [4.69, 9.17) is 0 Å². The summed E-state index contributed by atoms with van der Waals surface area (Å²) in [5.74, 6) is 1.11. The highest BCUT2D eigenvalue weighted by Gasteiger charge is 2.37. The highest BCUT2D eigenvalue weighted by molar-refractivity contribution is 8.00. The molecular weight excluding hydrogens is 368 g/mol. The Morgan fingerprint density at radius 1 is 1.11 bits per heavy atom. The fourth-order valence-corrected chi connectivity index (χ4v) is 5.05. The first kappa shape index (κ1) is 19.1. The molecule has 0 spiro atoms. The molecule has 0 unspecified atom stereocenters. The summed E-state index contributed by atoms with van der Waals surface area (Å²) in [4.78, 5) is 27.3. The van der Waals surface area contributed by atoms with Crippen molar-refractivity contribution in [1.29, 1.82) is 0 Å². The van der Waals surface area contributed by atoms with Gasteiger partial charge in [0, 0.05) is 22.9 Å². The number of anilines is 2. The first-order valence-electron chi connectivity index (χ1n) is 9.98. The highest BCUT2D eigenvalue weighted by atomic mass is 32.2. The third-order valence-electron chi connectivity index (χ3n) is 5.65. The molecule has 146 valence electrons. The van der Waals surface area contributed by atoms with E-state index >= 15 is 0 Å². The molecule has 0 radical (unpaired) electrons. The number of hydrogen-bond acceptors (Lipinski definition) is 3. The molecule has 1 saturated heterocycles. The molecule has 1 atom stereocenters. The number of rotatable bonds is 5. The van der Waals surface area contributed by atoms with Crippen LogP contribution in [-0.2, 0) is 9.59 Å². The largest absolute Gasteiger partial charge is 0.325 e. The zero-order chi connectivity index (χ0) is 19.7. The summed E-state index contributed by atoms with van der Waals surface area (Å²) in [6, 6.07) is 16.0. The van der Waals surface area contributed by atoms with Gasteiger partial charge in [-0.2, -0.15) is 0 Å². The van der Waals surface area contributed by atoms with Crippen molar-refractivity contribution in [3.8, 4) is 0 Å². The topological polar surface area (TPSA) is 49.4 Å². The van der Waals surface area contributed by atoms with E-state index in [-0.39, 0.29) is 23.1 Å². The van der Waals surface area contributed by atoms with Crippen LogP contribution in [0.3, 0.4) is 0 Å². The Bertz CT molecular complexity index is 892. The summed E-state index contributed by atoms with van der Waals surface area (Å²) in [6.45, 7) is 4.29. The second kappa shape index (κ2) is 8.00. The van der Waals surface area contributed by atoms with Crippen LogP contribution in [0.15, 0.2) is 48.5 Å². The summed E-state index contributed by atoms with van der Waals surface area (Å²) in [7, 11) is 0. The maximum absolute atomic E-state index is 12.8. The zero-order valence-corrected chi connectivity index (χ0v) is 17.2. The van der Waals surface area contributed by atoms with Gasteiger partial charge in [0.1, 0.15) is 5.37 Å². The first-order chi connectivity index (χ1) is 13.6. The Kier molecular flexibility index (Phi) is 5.44. The number of thioether (sulfide) groups is 1. The molecule has 1 saturated carbocycles. The lowest BCUT2D eigenvalue weighted by Gasteiger charge is -2.29. The lowest BCUT2D eigenvalue weighted by molar-refractivity contribution is -0.122. The number of amides is 2. The van der Waals surface area contributed by atoms with E-state index in [2.05, 4.69) is 25.2 Å². The molecule has 2 aromatic carbocycles. The van der Waals surface area contributed by atoms with Gasteiger partial charge >= 0.3 is 0 Å². The van der Waals surface area contributed by atoms with E-state index in [1.807, 2.05) is 47.4 Å². The van der Waals surface area contributed by atoms with Crippen LogP contribution in [0.4, 0.5) is 11.4 Å². The third-order valence-corrected chi connectivity index (χ3v) is 6.84.